The number of ether oxygens (including phenoxy) is 2. The lowest BCUT2D eigenvalue weighted by atomic mass is 9.68. The summed E-state index contributed by atoms with van der Waals surface area (Å²) in [5.41, 5.74) is 3.30. The van der Waals surface area contributed by atoms with Crippen LogP contribution in [0.5, 0.6) is 5.75 Å². The molecule has 2 N–H and O–H groups in total. The summed E-state index contributed by atoms with van der Waals surface area (Å²) >= 11 is 6.36. The normalized spacial score (nSPS) is 30.7. The molecule has 10 heteroatoms. The molecule has 2 aromatic carbocycles. The molecule has 210 valence electrons. The standard InChI is InChI=1S/C29H35ClN2O6S/c30-22-5-7-24-19(14-22)2-1-10-29(24)17-32-16-21-3-6-23(21)26(33)9-11-37-12-13-39(35,36)31-28(34)20-4-8-27(38-18-29)25(32)15-20/h4-5,7-8,14-15,21,23,26,33H,1-3,6,9-13,16-18H2,(H,31,34)/t21?,23?,26-,29-/m0/s1. The van der Waals surface area contributed by atoms with Crippen LogP contribution in [0.4, 0.5) is 5.69 Å². The number of hydrogen-bond donors (Lipinski definition) is 2. The van der Waals surface area contributed by atoms with Crippen LogP contribution < -0.4 is 14.4 Å². The second-order valence-corrected chi connectivity index (χ2v) is 13.8. The smallest absolute Gasteiger partial charge is 0.264 e. The Kier molecular flexibility index (Phi) is 7.29. The minimum Gasteiger partial charge on any atom is -0.490 e. The molecule has 2 heterocycles. The monoisotopic (exact) mass is 574 g/mol. The number of anilines is 1. The zero-order chi connectivity index (χ0) is 27.2. The van der Waals surface area contributed by atoms with Gasteiger partial charge in [-0.05, 0) is 91.8 Å². The van der Waals surface area contributed by atoms with Crippen molar-refractivity contribution >= 4 is 33.2 Å². The maximum Gasteiger partial charge on any atom is 0.264 e. The Hall–Kier alpha value is -2.33. The van der Waals surface area contributed by atoms with Gasteiger partial charge in [-0.25, -0.2) is 13.1 Å². The minimum atomic E-state index is -3.87. The van der Waals surface area contributed by atoms with Gasteiger partial charge in [0.15, 0.2) is 0 Å². The molecule has 2 aliphatic carbocycles. The molecule has 0 saturated heterocycles. The molecular formula is C29H35ClN2O6S. The number of fused-ring (bicyclic) bond motifs is 4. The fraction of sp³-hybridized carbons (Fsp3) is 0.552. The number of aliphatic hydroxyl groups excluding tert-OH is 1. The van der Waals surface area contributed by atoms with Crippen molar-refractivity contribution in [3.05, 3.63) is 58.1 Å². The third kappa shape index (κ3) is 5.38. The predicted molar refractivity (Wildman–Crippen MR) is 149 cm³/mol. The maximum absolute atomic E-state index is 13.0. The van der Waals surface area contributed by atoms with Crippen molar-refractivity contribution in [3.8, 4) is 5.75 Å². The highest BCUT2D eigenvalue weighted by Crippen LogP contribution is 2.46. The zero-order valence-electron chi connectivity index (χ0n) is 21.9. The third-order valence-corrected chi connectivity index (χ3v) is 10.5. The molecule has 2 aliphatic heterocycles. The van der Waals surface area contributed by atoms with Crippen molar-refractivity contribution in [3.63, 3.8) is 0 Å². The first-order chi connectivity index (χ1) is 18.7. The van der Waals surface area contributed by atoms with Gasteiger partial charge in [-0.1, -0.05) is 17.7 Å². The van der Waals surface area contributed by atoms with Crippen molar-refractivity contribution in [1.82, 2.24) is 4.72 Å². The molecule has 2 unspecified atom stereocenters. The first kappa shape index (κ1) is 26.9. The molecule has 6 rings (SSSR count). The second-order valence-electron chi connectivity index (χ2n) is 11.5. The van der Waals surface area contributed by atoms with E-state index in [-0.39, 0.29) is 35.9 Å². The number of aliphatic hydroxyl groups is 1. The van der Waals surface area contributed by atoms with Crippen LogP contribution in [0.3, 0.4) is 0 Å². The summed E-state index contributed by atoms with van der Waals surface area (Å²) in [7, 11) is -3.87. The second kappa shape index (κ2) is 10.6. The summed E-state index contributed by atoms with van der Waals surface area (Å²) in [6, 6.07) is 11.3. The molecule has 1 saturated carbocycles. The van der Waals surface area contributed by atoms with Gasteiger partial charge in [0.25, 0.3) is 5.91 Å². The van der Waals surface area contributed by atoms with Crippen LogP contribution in [0.25, 0.3) is 0 Å². The van der Waals surface area contributed by atoms with E-state index >= 15 is 0 Å². The van der Waals surface area contributed by atoms with Gasteiger partial charge in [0.1, 0.15) is 5.75 Å². The quantitative estimate of drug-likeness (QED) is 0.494. The van der Waals surface area contributed by atoms with E-state index in [0.29, 0.717) is 37.8 Å². The molecule has 2 aromatic rings. The van der Waals surface area contributed by atoms with E-state index in [0.717, 1.165) is 42.8 Å². The van der Waals surface area contributed by atoms with Crippen LogP contribution in [0.15, 0.2) is 36.4 Å². The number of carbonyl (C=O) groups excluding carboxylic acids is 1. The molecule has 8 nitrogen and oxygen atoms in total. The van der Waals surface area contributed by atoms with Crippen molar-refractivity contribution in [1.29, 1.82) is 0 Å². The molecule has 1 amide bonds. The molecular weight excluding hydrogens is 540 g/mol. The number of amides is 1. The third-order valence-electron chi connectivity index (χ3n) is 9.03. The van der Waals surface area contributed by atoms with Crippen molar-refractivity contribution in [2.24, 2.45) is 11.8 Å². The van der Waals surface area contributed by atoms with Gasteiger partial charge in [-0.3, -0.25) is 4.79 Å². The molecule has 0 aromatic heterocycles. The Morgan fingerprint density at radius 3 is 2.79 bits per heavy atom. The summed E-state index contributed by atoms with van der Waals surface area (Å²) in [5, 5.41) is 11.7. The lowest BCUT2D eigenvalue weighted by Gasteiger charge is -2.45. The minimum absolute atomic E-state index is 0.0377. The zero-order valence-corrected chi connectivity index (χ0v) is 23.5. The SMILES string of the molecule is O=C1NS(=O)(=O)CCOCC[C@H](O)C2CCC2CN2C[C@@]3(CCCc4cc(Cl)ccc43)COc3ccc1cc32. The number of aryl methyl sites for hydroxylation is 1. The van der Waals surface area contributed by atoms with Gasteiger partial charge in [-0.2, -0.15) is 0 Å². The van der Waals surface area contributed by atoms with Crippen LogP contribution in [0.1, 0.15) is 53.6 Å². The first-order valence-corrected chi connectivity index (χ1v) is 15.9. The van der Waals surface area contributed by atoms with Crippen LogP contribution in [-0.2, 0) is 26.6 Å². The van der Waals surface area contributed by atoms with E-state index < -0.39 is 22.0 Å². The number of rotatable bonds is 0. The number of halogens is 1. The molecule has 4 aliphatic rings. The van der Waals surface area contributed by atoms with E-state index in [9.17, 15) is 18.3 Å². The number of benzene rings is 2. The van der Waals surface area contributed by atoms with Crippen LogP contribution in [-0.4, -0.2) is 64.2 Å². The number of nitrogens with zero attached hydrogens (tertiary/aromatic N) is 1. The van der Waals surface area contributed by atoms with Gasteiger partial charge >= 0.3 is 0 Å². The van der Waals surface area contributed by atoms with Crippen LogP contribution >= 0.6 is 11.6 Å². The Morgan fingerprint density at radius 2 is 1.97 bits per heavy atom. The van der Waals surface area contributed by atoms with Gasteiger partial charge in [0, 0.05) is 35.7 Å². The van der Waals surface area contributed by atoms with E-state index in [1.54, 1.807) is 18.2 Å². The average molecular weight is 575 g/mol. The Balaban J connectivity index is 1.40. The fourth-order valence-electron chi connectivity index (χ4n) is 6.81. The van der Waals surface area contributed by atoms with Gasteiger partial charge in [0.05, 0.1) is 30.8 Å². The summed E-state index contributed by atoms with van der Waals surface area (Å²) in [6.45, 7) is 2.15. The average Bonchev–Trinajstić information content (AvgIpc) is 3.02. The Labute approximate surface area is 234 Å². The van der Waals surface area contributed by atoms with Crippen molar-refractivity contribution in [2.75, 3.05) is 43.6 Å². The van der Waals surface area contributed by atoms with Gasteiger partial charge in [0.2, 0.25) is 10.0 Å². The van der Waals surface area contributed by atoms with E-state index in [4.69, 9.17) is 21.1 Å². The number of hydrogen-bond acceptors (Lipinski definition) is 7. The number of carbonyl (C=O) groups is 1. The molecule has 0 radical (unpaired) electrons. The Bertz CT molecular complexity index is 1370. The largest absolute Gasteiger partial charge is 0.490 e. The van der Waals surface area contributed by atoms with E-state index in [2.05, 4.69) is 21.8 Å². The number of nitrogens with one attached hydrogen (secondary N) is 1. The highest BCUT2D eigenvalue weighted by atomic mass is 35.5. The summed E-state index contributed by atoms with van der Waals surface area (Å²) in [5.74, 6) is 0.129. The fourth-order valence-corrected chi connectivity index (χ4v) is 7.84. The highest BCUT2D eigenvalue weighted by molar-refractivity contribution is 7.90. The first-order valence-electron chi connectivity index (χ1n) is 13.8. The predicted octanol–water partition coefficient (Wildman–Crippen LogP) is 3.68. The van der Waals surface area contributed by atoms with Crippen molar-refractivity contribution in [2.45, 2.75) is 50.0 Å². The molecule has 1 spiro atoms. The van der Waals surface area contributed by atoms with E-state index in [1.807, 2.05) is 6.07 Å². The maximum atomic E-state index is 13.0. The highest BCUT2D eigenvalue weighted by Gasteiger charge is 2.44. The lowest BCUT2D eigenvalue weighted by Crippen LogP contribution is -2.49. The lowest BCUT2D eigenvalue weighted by molar-refractivity contribution is -0.00696. The number of sulfonamides is 1. The molecule has 39 heavy (non-hydrogen) atoms. The summed E-state index contributed by atoms with van der Waals surface area (Å²) in [4.78, 5) is 15.3. The summed E-state index contributed by atoms with van der Waals surface area (Å²) < 4.78 is 39.2. The topological polar surface area (TPSA) is 105 Å². The van der Waals surface area contributed by atoms with Gasteiger partial charge in [-0.15, -0.1) is 0 Å². The molecule has 2 bridgehead atoms. The summed E-state index contributed by atoms with van der Waals surface area (Å²) in [6.07, 6.45) is 4.88. The van der Waals surface area contributed by atoms with Gasteiger partial charge < -0.3 is 19.5 Å². The van der Waals surface area contributed by atoms with Crippen molar-refractivity contribution < 1.29 is 27.8 Å². The van der Waals surface area contributed by atoms with Crippen LogP contribution in [0.2, 0.25) is 5.02 Å². The molecule has 4 atom stereocenters. The van der Waals surface area contributed by atoms with E-state index in [1.165, 1.54) is 11.1 Å². The Morgan fingerprint density at radius 1 is 1.10 bits per heavy atom. The van der Waals surface area contributed by atoms with Crippen LogP contribution in [0, 0.1) is 11.8 Å². The molecule has 1 fully saturated rings.